The van der Waals surface area contributed by atoms with Crippen LogP contribution in [-0.4, -0.2) is 34.3 Å². The second-order valence-electron chi connectivity index (χ2n) is 5.15. The molecule has 0 radical (unpaired) electrons. The van der Waals surface area contributed by atoms with Gasteiger partial charge in [0, 0.05) is 11.6 Å². The molecule has 122 valence electrons. The first kappa shape index (κ1) is 16.5. The molecule has 0 bridgehead atoms. The number of benzene rings is 1. The first-order chi connectivity index (χ1) is 11.0. The van der Waals surface area contributed by atoms with E-state index in [1.165, 1.54) is 6.39 Å². The minimum absolute atomic E-state index is 0.0590. The average Bonchev–Trinajstić information content (AvgIpc) is 3.01. The number of imide groups is 1. The quantitative estimate of drug-likeness (QED) is 0.869. The van der Waals surface area contributed by atoms with Crippen LogP contribution in [0, 0.1) is 0 Å². The number of nitrogens with one attached hydrogen (secondary N) is 2. The Morgan fingerprint density at radius 1 is 1.17 bits per heavy atom. The lowest BCUT2D eigenvalue weighted by molar-refractivity contribution is -0.126. The largest absolute Gasteiger partial charge is 0.481 e. The summed E-state index contributed by atoms with van der Waals surface area (Å²) < 4.78 is 10.6. The highest BCUT2D eigenvalue weighted by Gasteiger charge is 2.18. The second-order valence-corrected chi connectivity index (χ2v) is 5.15. The van der Waals surface area contributed by atoms with Gasteiger partial charge in [-0.05, 0) is 45.0 Å². The summed E-state index contributed by atoms with van der Waals surface area (Å²) in [7, 11) is 0. The summed E-state index contributed by atoms with van der Waals surface area (Å²) in [5.74, 6) is 0.358. The maximum atomic E-state index is 11.9. The standard InChI is InChI=1S/C15H18N4O4/c1-9(2)17-15(21)18-13(20)10(3)23-12-6-4-11(5-7-12)14-19-16-8-22-14/h4-10H,1-3H3,(H2,17,18,20,21)/t10-/m1/s1. The molecule has 1 aromatic heterocycles. The number of carbonyl (C=O) groups excluding carboxylic acids is 2. The van der Waals surface area contributed by atoms with Gasteiger partial charge in [-0.25, -0.2) is 4.79 Å². The molecular weight excluding hydrogens is 300 g/mol. The van der Waals surface area contributed by atoms with Crippen LogP contribution >= 0.6 is 0 Å². The van der Waals surface area contributed by atoms with Crippen LogP contribution in [0.3, 0.4) is 0 Å². The Bertz CT molecular complexity index is 653. The van der Waals surface area contributed by atoms with Gasteiger partial charge in [0.15, 0.2) is 6.10 Å². The number of hydrogen-bond acceptors (Lipinski definition) is 6. The molecule has 3 amide bonds. The minimum atomic E-state index is -0.817. The van der Waals surface area contributed by atoms with E-state index in [0.29, 0.717) is 11.6 Å². The van der Waals surface area contributed by atoms with Gasteiger partial charge in [0.25, 0.3) is 5.91 Å². The molecule has 1 aromatic carbocycles. The van der Waals surface area contributed by atoms with Crippen molar-refractivity contribution in [3.63, 3.8) is 0 Å². The van der Waals surface area contributed by atoms with Crippen LogP contribution in [0.25, 0.3) is 11.5 Å². The van der Waals surface area contributed by atoms with Crippen LogP contribution in [-0.2, 0) is 4.79 Å². The van der Waals surface area contributed by atoms with Crippen LogP contribution in [0.4, 0.5) is 4.79 Å². The third kappa shape index (κ3) is 4.80. The van der Waals surface area contributed by atoms with Crippen molar-refractivity contribution in [2.24, 2.45) is 0 Å². The van der Waals surface area contributed by atoms with Crippen molar-refractivity contribution in [2.45, 2.75) is 32.9 Å². The molecule has 0 unspecified atom stereocenters. The summed E-state index contributed by atoms with van der Waals surface area (Å²) >= 11 is 0. The minimum Gasteiger partial charge on any atom is -0.481 e. The van der Waals surface area contributed by atoms with Gasteiger partial charge < -0.3 is 14.5 Å². The summed E-state index contributed by atoms with van der Waals surface area (Å²) in [5, 5.41) is 12.2. The lowest BCUT2D eigenvalue weighted by Gasteiger charge is -2.15. The molecule has 0 aliphatic carbocycles. The SMILES string of the molecule is CC(C)NC(=O)NC(=O)[C@@H](C)Oc1ccc(-c2nnco2)cc1. The second kappa shape index (κ2) is 7.39. The highest BCUT2D eigenvalue weighted by molar-refractivity contribution is 5.96. The molecule has 1 atom stereocenters. The normalized spacial score (nSPS) is 11.8. The average molecular weight is 318 g/mol. The summed E-state index contributed by atoms with van der Waals surface area (Å²) in [6.45, 7) is 5.16. The number of hydrogen-bond donors (Lipinski definition) is 2. The third-order valence-electron chi connectivity index (χ3n) is 2.80. The zero-order valence-electron chi connectivity index (χ0n) is 13.1. The number of urea groups is 1. The number of aromatic nitrogens is 2. The molecule has 0 spiro atoms. The Hall–Kier alpha value is -2.90. The molecule has 8 heteroatoms. The molecular formula is C15H18N4O4. The van der Waals surface area contributed by atoms with Crippen LogP contribution in [0.15, 0.2) is 35.1 Å². The monoisotopic (exact) mass is 318 g/mol. The highest BCUT2D eigenvalue weighted by Crippen LogP contribution is 2.20. The highest BCUT2D eigenvalue weighted by atomic mass is 16.5. The molecule has 2 aromatic rings. The summed E-state index contributed by atoms with van der Waals surface area (Å²) in [6, 6.07) is 6.22. The Labute approximate surface area is 133 Å². The third-order valence-corrected chi connectivity index (χ3v) is 2.80. The van der Waals surface area contributed by atoms with Gasteiger partial charge in [0.2, 0.25) is 12.3 Å². The van der Waals surface area contributed by atoms with Crippen LogP contribution < -0.4 is 15.4 Å². The van der Waals surface area contributed by atoms with Crippen molar-refractivity contribution in [3.05, 3.63) is 30.7 Å². The molecule has 0 saturated heterocycles. The molecule has 8 nitrogen and oxygen atoms in total. The Balaban J connectivity index is 1.91. The summed E-state index contributed by atoms with van der Waals surface area (Å²) in [4.78, 5) is 23.3. The molecule has 1 heterocycles. The molecule has 2 N–H and O–H groups in total. The number of amides is 3. The van der Waals surface area contributed by atoms with Gasteiger partial charge in [-0.15, -0.1) is 10.2 Å². The van der Waals surface area contributed by atoms with Crippen molar-refractivity contribution in [1.29, 1.82) is 0 Å². The van der Waals surface area contributed by atoms with E-state index in [1.807, 2.05) is 0 Å². The number of ether oxygens (including phenoxy) is 1. The Morgan fingerprint density at radius 2 is 1.87 bits per heavy atom. The van der Waals surface area contributed by atoms with Crippen LogP contribution in [0.5, 0.6) is 5.75 Å². The lowest BCUT2D eigenvalue weighted by Crippen LogP contribution is -2.46. The first-order valence-electron chi connectivity index (χ1n) is 7.10. The smallest absolute Gasteiger partial charge is 0.321 e. The molecule has 0 fully saturated rings. The number of nitrogens with zero attached hydrogens (tertiary/aromatic N) is 2. The number of carbonyl (C=O) groups is 2. The molecule has 23 heavy (non-hydrogen) atoms. The van der Waals surface area contributed by atoms with Gasteiger partial charge >= 0.3 is 6.03 Å². The van der Waals surface area contributed by atoms with E-state index >= 15 is 0 Å². The Morgan fingerprint density at radius 3 is 2.43 bits per heavy atom. The van der Waals surface area contributed by atoms with Gasteiger partial charge in [0.05, 0.1) is 0 Å². The fraction of sp³-hybridized carbons (Fsp3) is 0.333. The lowest BCUT2D eigenvalue weighted by atomic mass is 10.2. The summed E-state index contributed by atoms with van der Waals surface area (Å²) in [6.07, 6.45) is 0.427. The zero-order chi connectivity index (χ0) is 16.8. The van der Waals surface area contributed by atoms with E-state index in [0.717, 1.165) is 5.56 Å². The summed E-state index contributed by atoms with van der Waals surface area (Å²) in [5.41, 5.74) is 0.739. The predicted molar refractivity (Wildman–Crippen MR) is 81.6 cm³/mol. The van der Waals surface area contributed by atoms with Gasteiger partial charge in [-0.1, -0.05) is 0 Å². The van der Waals surface area contributed by atoms with E-state index < -0.39 is 18.0 Å². The molecule has 0 aliphatic rings. The van der Waals surface area contributed by atoms with E-state index in [4.69, 9.17) is 9.15 Å². The van der Waals surface area contributed by atoms with Crippen LogP contribution in [0.2, 0.25) is 0 Å². The van der Waals surface area contributed by atoms with Crippen LogP contribution in [0.1, 0.15) is 20.8 Å². The molecule has 2 rings (SSSR count). The van der Waals surface area contributed by atoms with E-state index in [9.17, 15) is 9.59 Å². The zero-order valence-corrected chi connectivity index (χ0v) is 13.1. The fourth-order valence-electron chi connectivity index (χ4n) is 1.74. The molecule has 0 aliphatic heterocycles. The Kier molecular flexibility index (Phi) is 5.29. The fourth-order valence-corrected chi connectivity index (χ4v) is 1.74. The maximum absolute atomic E-state index is 11.9. The van der Waals surface area contributed by atoms with Crippen molar-refractivity contribution in [1.82, 2.24) is 20.8 Å². The maximum Gasteiger partial charge on any atom is 0.321 e. The van der Waals surface area contributed by atoms with Crippen molar-refractivity contribution in [2.75, 3.05) is 0 Å². The van der Waals surface area contributed by atoms with Crippen molar-refractivity contribution < 1.29 is 18.7 Å². The van der Waals surface area contributed by atoms with E-state index in [2.05, 4.69) is 20.8 Å². The van der Waals surface area contributed by atoms with Crippen molar-refractivity contribution in [3.8, 4) is 17.2 Å². The van der Waals surface area contributed by atoms with Gasteiger partial charge in [0.1, 0.15) is 5.75 Å². The van der Waals surface area contributed by atoms with Gasteiger partial charge in [-0.2, -0.15) is 0 Å². The predicted octanol–water partition coefficient (Wildman–Crippen LogP) is 1.74. The van der Waals surface area contributed by atoms with E-state index in [-0.39, 0.29) is 6.04 Å². The first-order valence-corrected chi connectivity index (χ1v) is 7.10. The van der Waals surface area contributed by atoms with Crippen molar-refractivity contribution >= 4 is 11.9 Å². The topological polar surface area (TPSA) is 106 Å². The van der Waals surface area contributed by atoms with Gasteiger partial charge in [-0.3, -0.25) is 10.1 Å². The molecule has 0 saturated carbocycles. The number of rotatable bonds is 5. The van der Waals surface area contributed by atoms with E-state index in [1.54, 1.807) is 45.0 Å².